The summed E-state index contributed by atoms with van der Waals surface area (Å²) in [7, 11) is 0. The molecule has 2 aliphatic rings. The molecule has 1 saturated heterocycles. The first-order valence-electron chi connectivity index (χ1n) is 8.87. The Kier molecular flexibility index (Phi) is 6.36. The number of hydrogen-bond donors (Lipinski definition) is 4. The van der Waals surface area contributed by atoms with E-state index in [9.17, 15) is 24.7 Å². The summed E-state index contributed by atoms with van der Waals surface area (Å²) in [6, 6.07) is -0.963. The zero-order valence-corrected chi connectivity index (χ0v) is 19.5. The van der Waals surface area contributed by atoms with Crippen LogP contribution in [0.3, 0.4) is 0 Å². The first-order chi connectivity index (χ1) is 15.3. The number of β-lactam (4-membered cyclic amide) rings is 1. The number of fused-ring (bicyclic) bond motifs is 1. The van der Waals surface area contributed by atoms with Crippen molar-refractivity contribution in [1.29, 1.82) is 0 Å². The molecule has 0 spiro atoms. The predicted octanol–water partition coefficient (Wildman–Crippen LogP) is 0.594. The monoisotopic (exact) mass is 513 g/mol. The maximum atomic E-state index is 12.8. The molecule has 2 amide bonds. The molecule has 5 N–H and O–H groups in total. The fourth-order valence-corrected chi connectivity index (χ4v) is 6.95. The van der Waals surface area contributed by atoms with Gasteiger partial charge in [0.25, 0.3) is 11.8 Å². The van der Waals surface area contributed by atoms with Crippen LogP contribution in [0.4, 0.5) is 5.13 Å². The molecule has 32 heavy (non-hydrogen) atoms. The number of carbonyl (C=O) groups is 3. The highest BCUT2D eigenvalue weighted by Gasteiger charge is 2.54. The van der Waals surface area contributed by atoms with Crippen molar-refractivity contribution in [2.24, 2.45) is 5.16 Å². The number of aromatic nitrogens is 3. The highest BCUT2D eigenvalue weighted by molar-refractivity contribution is 8.01. The van der Waals surface area contributed by atoms with Gasteiger partial charge in [-0.15, -0.1) is 33.3 Å². The number of carbonyl (C=O) groups excluding carboxylic acids is 2. The molecular formula is C16H15N7O5S4. The summed E-state index contributed by atoms with van der Waals surface area (Å²) in [5.74, 6) is -1.87. The Morgan fingerprint density at radius 3 is 2.81 bits per heavy atom. The van der Waals surface area contributed by atoms with Crippen LogP contribution in [0.25, 0.3) is 0 Å². The van der Waals surface area contributed by atoms with Crippen molar-refractivity contribution in [3.05, 3.63) is 27.4 Å². The summed E-state index contributed by atoms with van der Waals surface area (Å²) in [6.45, 7) is 1.83. The minimum Gasteiger partial charge on any atom is -0.477 e. The number of amides is 2. The molecule has 2 aromatic rings. The van der Waals surface area contributed by atoms with E-state index in [-0.39, 0.29) is 22.2 Å². The third-order valence-electron chi connectivity index (χ3n) is 4.49. The van der Waals surface area contributed by atoms with E-state index in [1.54, 1.807) is 0 Å². The fraction of sp³-hybridized carbons (Fsp3) is 0.312. The minimum atomic E-state index is -1.21. The molecule has 0 aliphatic carbocycles. The zero-order chi connectivity index (χ0) is 23.0. The number of aryl methyl sites for hydroxylation is 1. The smallest absolute Gasteiger partial charge is 0.352 e. The number of thioether (sulfide) groups is 2. The normalized spacial score (nSPS) is 20.7. The molecule has 0 aromatic carbocycles. The summed E-state index contributed by atoms with van der Waals surface area (Å²) >= 11 is 5.17. The maximum absolute atomic E-state index is 12.8. The largest absolute Gasteiger partial charge is 0.477 e. The van der Waals surface area contributed by atoms with Gasteiger partial charge in [-0.1, -0.05) is 28.3 Å². The van der Waals surface area contributed by atoms with E-state index in [1.807, 2.05) is 6.92 Å². The molecule has 0 bridgehead atoms. The number of aliphatic carboxylic acids is 1. The number of nitrogens with two attached hydrogens (primary N) is 1. The molecule has 2 aliphatic heterocycles. The third kappa shape index (κ3) is 4.17. The van der Waals surface area contributed by atoms with Crippen LogP contribution >= 0.6 is 46.2 Å². The summed E-state index contributed by atoms with van der Waals surface area (Å²) in [6.07, 6.45) is 0. The van der Waals surface area contributed by atoms with E-state index in [0.717, 1.165) is 16.3 Å². The summed E-state index contributed by atoms with van der Waals surface area (Å²) in [4.78, 5) is 42.3. The number of carboxylic acid groups (broad SMARTS) is 1. The Labute approximate surface area is 197 Å². The summed E-state index contributed by atoms with van der Waals surface area (Å²) < 4.78 is 0.713. The quantitative estimate of drug-likeness (QED) is 0.134. The number of nitrogen functional groups attached to an aromatic ring is 1. The number of nitrogens with zero attached hydrogens (tertiary/aromatic N) is 5. The van der Waals surface area contributed by atoms with Gasteiger partial charge in [0.1, 0.15) is 27.8 Å². The fourth-order valence-electron chi connectivity index (χ4n) is 3.10. The maximum Gasteiger partial charge on any atom is 0.352 e. The van der Waals surface area contributed by atoms with Gasteiger partial charge in [0, 0.05) is 16.9 Å². The summed E-state index contributed by atoms with van der Waals surface area (Å²) in [5.41, 5.74) is 5.74. The molecule has 4 rings (SSSR count). The zero-order valence-electron chi connectivity index (χ0n) is 16.2. The van der Waals surface area contributed by atoms with Crippen molar-refractivity contribution in [1.82, 2.24) is 25.4 Å². The van der Waals surface area contributed by atoms with Gasteiger partial charge in [0.2, 0.25) is 0 Å². The summed E-state index contributed by atoms with van der Waals surface area (Å²) in [5, 5.41) is 34.2. The second-order valence-electron chi connectivity index (χ2n) is 6.51. The first kappa shape index (κ1) is 22.5. The molecule has 1 fully saturated rings. The second-order valence-corrected chi connectivity index (χ2v) is 10.9. The van der Waals surface area contributed by atoms with Gasteiger partial charge < -0.3 is 21.4 Å². The lowest BCUT2D eigenvalue weighted by molar-refractivity contribution is -0.150. The first-order valence-corrected chi connectivity index (χ1v) is 12.6. The van der Waals surface area contributed by atoms with Crippen molar-refractivity contribution < 1.29 is 24.7 Å². The van der Waals surface area contributed by atoms with Crippen LogP contribution in [0.15, 0.2) is 26.1 Å². The van der Waals surface area contributed by atoms with Crippen molar-refractivity contribution in [2.75, 3.05) is 17.2 Å². The van der Waals surface area contributed by atoms with Gasteiger partial charge in [-0.2, -0.15) is 0 Å². The number of rotatable bonds is 7. The van der Waals surface area contributed by atoms with Gasteiger partial charge in [-0.3, -0.25) is 14.5 Å². The topological polar surface area (TPSA) is 184 Å². The SMILES string of the molecule is Cc1nnc(SCC2=C(C(=O)O)N3C(=O)C(NC(=O)/C(=N/O)c4csc(N)n4)C3SC2)s1. The Morgan fingerprint density at radius 1 is 1.44 bits per heavy atom. The van der Waals surface area contributed by atoms with E-state index in [4.69, 9.17) is 5.73 Å². The molecule has 2 unspecified atom stereocenters. The van der Waals surface area contributed by atoms with Gasteiger partial charge in [-0.05, 0) is 12.5 Å². The number of anilines is 1. The van der Waals surface area contributed by atoms with Crippen molar-refractivity contribution >= 4 is 74.8 Å². The van der Waals surface area contributed by atoms with Crippen LogP contribution in [0.2, 0.25) is 0 Å². The second kappa shape index (κ2) is 9.05. The third-order valence-corrected chi connectivity index (χ3v) is 8.57. The van der Waals surface area contributed by atoms with Crippen LogP contribution < -0.4 is 11.1 Å². The number of hydrogen-bond acceptors (Lipinski definition) is 13. The highest BCUT2D eigenvalue weighted by atomic mass is 32.2. The lowest BCUT2D eigenvalue weighted by Crippen LogP contribution is -2.71. The molecule has 4 heterocycles. The van der Waals surface area contributed by atoms with Crippen molar-refractivity contribution in [2.45, 2.75) is 22.7 Å². The van der Waals surface area contributed by atoms with Crippen molar-refractivity contribution in [3.63, 3.8) is 0 Å². The number of oxime groups is 1. The molecule has 12 nitrogen and oxygen atoms in total. The van der Waals surface area contributed by atoms with E-state index in [0.29, 0.717) is 21.4 Å². The minimum absolute atomic E-state index is 0.0739. The Morgan fingerprint density at radius 2 is 2.22 bits per heavy atom. The highest BCUT2D eigenvalue weighted by Crippen LogP contribution is 2.41. The molecule has 2 aromatic heterocycles. The predicted molar refractivity (Wildman–Crippen MR) is 120 cm³/mol. The van der Waals surface area contributed by atoms with Crippen molar-refractivity contribution in [3.8, 4) is 0 Å². The van der Waals surface area contributed by atoms with E-state index < -0.39 is 29.2 Å². The van der Waals surface area contributed by atoms with Crippen LogP contribution in [0.5, 0.6) is 0 Å². The van der Waals surface area contributed by atoms with E-state index >= 15 is 0 Å². The lowest BCUT2D eigenvalue weighted by atomic mass is 10.0. The van der Waals surface area contributed by atoms with Crippen LogP contribution in [-0.2, 0) is 14.4 Å². The standard InChI is InChI=1S/C16H15N7O5S4/c1-5-20-21-16(32-5)31-3-6-2-29-13-9(12(25)23(13)10(6)14(26)27)19-11(24)8(22-28)7-4-30-15(17)18-7/h4,9,13,28H,2-3H2,1H3,(H2,17,18)(H,19,24)(H,26,27)/b22-8+. The average Bonchev–Trinajstić information content (AvgIpc) is 3.38. The molecule has 0 saturated carbocycles. The van der Waals surface area contributed by atoms with Gasteiger partial charge in [0.15, 0.2) is 15.2 Å². The molecule has 168 valence electrons. The van der Waals surface area contributed by atoms with Gasteiger partial charge >= 0.3 is 5.97 Å². The molecule has 16 heteroatoms. The molecular weight excluding hydrogens is 498 g/mol. The van der Waals surface area contributed by atoms with Gasteiger partial charge in [-0.25, -0.2) is 9.78 Å². The number of thiazole rings is 1. The van der Waals surface area contributed by atoms with E-state index in [2.05, 4.69) is 25.7 Å². The number of carboxylic acids is 1. The Hall–Kier alpha value is -2.69. The molecule has 2 atom stereocenters. The molecule has 0 radical (unpaired) electrons. The lowest BCUT2D eigenvalue weighted by Gasteiger charge is -2.49. The van der Waals surface area contributed by atoms with E-state index in [1.165, 1.54) is 45.1 Å². The van der Waals surface area contributed by atoms with Crippen LogP contribution in [0, 0.1) is 6.92 Å². The Balaban J connectivity index is 1.48. The average molecular weight is 514 g/mol. The van der Waals surface area contributed by atoms with Gasteiger partial charge in [0.05, 0.1) is 0 Å². The van der Waals surface area contributed by atoms with Crippen LogP contribution in [0.1, 0.15) is 10.7 Å². The van der Waals surface area contributed by atoms with Crippen LogP contribution in [-0.4, -0.2) is 76.8 Å². The number of nitrogens with one attached hydrogen (secondary N) is 1. The Bertz CT molecular complexity index is 1160.